The van der Waals surface area contributed by atoms with Gasteiger partial charge in [-0.1, -0.05) is 19.9 Å². The van der Waals surface area contributed by atoms with Crippen LogP contribution < -0.4 is 10.1 Å². The summed E-state index contributed by atoms with van der Waals surface area (Å²) in [6, 6.07) is 8.16. The van der Waals surface area contributed by atoms with Gasteiger partial charge >= 0.3 is 0 Å². The highest BCUT2D eigenvalue weighted by Crippen LogP contribution is 2.47. The van der Waals surface area contributed by atoms with Crippen molar-refractivity contribution < 1.29 is 9.15 Å². The van der Waals surface area contributed by atoms with Crippen molar-refractivity contribution in [2.45, 2.75) is 45.7 Å². The Bertz CT molecular complexity index is 591. The van der Waals surface area contributed by atoms with Gasteiger partial charge in [0.05, 0.1) is 13.2 Å². The van der Waals surface area contributed by atoms with Crippen molar-refractivity contribution in [2.75, 3.05) is 6.61 Å². The molecule has 0 aromatic carbocycles. The molecule has 2 aromatic rings. The molecule has 0 bridgehead atoms. The molecule has 22 heavy (non-hydrogen) atoms. The summed E-state index contributed by atoms with van der Waals surface area (Å²) in [5.74, 6) is 4.27. The van der Waals surface area contributed by atoms with Crippen molar-refractivity contribution in [3.05, 3.63) is 47.5 Å². The Kier molecular flexibility index (Phi) is 4.78. The average Bonchev–Trinajstić information content (AvgIpc) is 3.08. The fourth-order valence-corrected chi connectivity index (χ4v) is 2.54. The molecule has 1 aliphatic rings. The zero-order chi connectivity index (χ0) is 15.4. The van der Waals surface area contributed by atoms with Crippen LogP contribution in [0.4, 0.5) is 0 Å². The van der Waals surface area contributed by atoms with E-state index in [4.69, 9.17) is 9.15 Å². The minimum Gasteiger partial charge on any atom is -0.478 e. The van der Waals surface area contributed by atoms with Gasteiger partial charge in [0.25, 0.3) is 0 Å². The Morgan fingerprint density at radius 2 is 2.14 bits per heavy atom. The maximum Gasteiger partial charge on any atom is 0.213 e. The molecule has 3 rings (SSSR count). The molecule has 0 aliphatic heterocycles. The topological polar surface area (TPSA) is 47.3 Å². The lowest BCUT2D eigenvalue weighted by Crippen LogP contribution is -2.12. The maximum absolute atomic E-state index is 5.88. The van der Waals surface area contributed by atoms with E-state index in [-0.39, 0.29) is 0 Å². The van der Waals surface area contributed by atoms with E-state index in [2.05, 4.69) is 36.3 Å². The molecule has 1 fully saturated rings. The first-order valence-corrected chi connectivity index (χ1v) is 8.13. The first kappa shape index (κ1) is 15.1. The van der Waals surface area contributed by atoms with Crippen LogP contribution in [0.3, 0.4) is 0 Å². The molecule has 2 unspecified atom stereocenters. The molecule has 0 amide bonds. The van der Waals surface area contributed by atoms with Crippen LogP contribution in [-0.2, 0) is 13.1 Å². The fraction of sp³-hybridized carbons (Fsp3) is 0.500. The van der Waals surface area contributed by atoms with Crippen LogP contribution in [0, 0.1) is 5.92 Å². The maximum atomic E-state index is 5.88. The Morgan fingerprint density at radius 1 is 1.27 bits per heavy atom. The van der Waals surface area contributed by atoms with Gasteiger partial charge in [-0.25, -0.2) is 4.98 Å². The van der Waals surface area contributed by atoms with Crippen LogP contribution in [0.1, 0.15) is 49.7 Å². The van der Waals surface area contributed by atoms with Crippen molar-refractivity contribution >= 4 is 0 Å². The molecule has 0 saturated heterocycles. The van der Waals surface area contributed by atoms with Crippen LogP contribution in [-0.4, -0.2) is 11.6 Å². The second-order valence-electron chi connectivity index (χ2n) is 6.08. The van der Waals surface area contributed by atoms with Gasteiger partial charge < -0.3 is 14.5 Å². The minimum absolute atomic E-state index is 0.647. The predicted molar refractivity (Wildman–Crippen MR) is 85.8 cm³/mol. The molecular weight excluding hydrogens is 276 g/mol. The van der Waals surface area contributed by atoms with E-state index in [1.165, 1.54) is 6.42 Å². The van der Waals surface area contributed by atoms with Crippen LogP contribution in [0.5, 0.6) is 5.88 Å². The highest BCUT2D eigenvalue weighted by Gasteiger charge is 2.36. The SMILES string of the molecule is CCCOc1ccc(CNCc2ccc(C3CC3C)o2)cn1. The van der Waals surface area contributed by atoms with E-state index < -0.39 is 0 Å². The van der Waals surface area contributed by atoms with Crippen molar-refractivity contribution in [1.29, 1.82) is 0 Å². The van der Waals surface area contributed by atoms with Crippen LogP contribution in [0.15, 0.2) is 34.9 Å². The number of aromatic nitrogens is 1. The number of rotatable bonds is 8. The van der Waals surface area contributed by atoms with E-state index in [0.29, 0.717) is 18.4 Å². The lowest BCUT2D eigenvalue weighted by molar-refractivity contribution is 0.305. The van der Waals surface area contributed by atoms with Crippen molar-refractivity contribution in [2.24, 2.45) is 5.92 Å². The quantitative estimate of drug-likeness (QED) is 0.804. The minimum atomic E-state index is 0.647. The van der Waals surface area contributed by atoms with E-state index in [9.17, 15) is 0 Å². The Balaban J connectivity index is 1.43. The third kappa shape index (κ3) is 3.89. The average molecular weight is 300 g/mol. The van der Waals surface area contributed by atoms with E-state index >= 15 is 0 Å². The molecule has 0 spiro atoms. The molecule has 2 heterocycles. The van der Waals surface area contributed by atoms with Gasteiger partial charge in [-0.3, -0.25) is 0 Å². The standard InChI is InChI=1S/C18H24N2O2/c1-3-8-21-18-7-4-14(11-20-18)10-19-12-15-5-6-17(22-15)16-9-13(16)2/h4-7,11,13,16,19H,3,8-10,12H2,1-2H3. The zero-order valence-corrected chi connectivity index (χ0v) is 13.3. The van der Waals surface area contributed by atoms with E-state index in [1.54, 1.807) is 0 Å². The molecule has 2 aromatic heterocycles. The molecule has 1 aliphatic carbocycles. The Labute approximate surface area is 131 Å². The Hall–Kier alpha value is -1.81. The normalized spacial score (nSPS) is 20.1. The lowest BCUT2D eigenvalue weighted by atomic mass is 10.2. The summed E-state index contributed by atoms with van der Waals surface area (Å²) in [6.45, 7) is 6.59. The van der Waals surface area contributed by atoms with Gasteiger partial charge in [0.15, 0.2) is 0 Å². The van der Waals surface area contributed by atoms with Crippen molar-refractivity contribution in [3.63, 3.8) is 0 Å². The Morgan fingerprint density at radius 3 is 2.82 bits per heavy atom. The first-order valence-electron chi connectivity index (χ1n) is 8.13. The van der Waals surface area contributed by atoms with Gasteiger partial charge in [-0.2, -0.15) is 0 Å². The van der Waals surface area contributed by atoms with Crippen LogP contribution in [0.25, 0.3) is 0 Å². The number of ether oxygens (including phenoxy) is 1. The molecule has 4 heteroatoms. The largest absolute Gasteiger partial charge is 0.478 e. The molecule has 4 nitrogen and oxygen atoms in total. The highest BCUT2D eigenvalue weighted by molar-refractivity contribution is 5.19. The fourth-order valence-electron chi connectivity index (χ4n) is 2.54. The van der Waals surface area contributed by atoms with Crippen LogP contribution >= 0.6 is 0 Å². The number of pyridine rings is 1. The second kappa shape index (κ2) is 6.97. The summed E-state index contributed by atoms with van der Waals surface area (Å²) < 4.78 is 11.4. The smallest absolute Gasteiger partial charge is 0.213 e. The molecule has 1 N–H and O–H groups in total. The molecule has 2 atom stereocenters. The monoisotopic (exact) mass is 300 g/mol. The lowest BCUT2D eigenvalue weighted by Gasteiger charge is -2.05. The zero-order valence-electron chi connectivity index (χ0n) is 13.3. The number of nitrogens with one attached hydrogen (secondary N) is 1. The predicted octanol–water partition coefficient (Wildman–Crippen LogP) is 3.88. The summed E-state index contributed by atoms with van der Waals surface area (Å²) >= 11 is 0. The summed E-state index contributed by atoms with van der Waals surface area (Å²) in [6.07, 6.45) is 4.12. The van der Waals surface area contributed by atoms with E-state index in [1.807, 2.05) is 18.3 Å². The van der Waals surface area contributed by atoms with Gasteiger partial charge in [-0.15, -0.1) is 0 Å². The molecular formula is C18H24N2O2. The summed E-state index contributed by atoms with van der Waals surface area (Å²) in [5, 5.41) is 3.39. The van der Waals surface area contributed by atoms with E-state index in [0.717, 1.165) is 42.5 Å². The molecule has 1 saturated carbocycles. The molecule has 118 valence electrons. The first-order chi connectivity index (χ1) is 10.8. The van der Waals surface area contributed by atoms with Crippen molar-refractivity contribution in [3.8, 4) is 5.88 Å². The summed E-state index contributed by atoms with van der Waals surface area (Å²) in [7, 11) is 0. The summed E-state index contributed by atoms with van der Waals surface area (Å²) in [5.41, 5.74) is 1.14. The van der Waals surface area contributed by atoms with Crippen molar-refractivity contribution in [1.82, 2.24) is 10.3 Å². The number of nitrogens with zero attached hydrogens (tertiary/aromatic N) is 1. The molecule has 0 radical (unpaired) electrons. The number of hydrogen-bond acceptors (Lipinski definition) is 4. The van der Waals surface area contributed by atoms with Gasteiger partial charge in [0.2, 0.25) is 5.88 Å². The third-order valence-electron chi connectivity index (χ3n) is 4.04. The van der Waals surface area contributed by atoms with Gasteiger partial charge in [0.1, 0.15) is 11.5 Å². The second-order valence-corrected chi connectivity index (χ2v) is 6.08. The van der Waals surface area contributed by atoms with Gasteiger partial charge in [-0.05, 0) is 36.5 Å². The van der Waals surface area contributed by atoms with Crippen LogP contribution in [0.2, 0.25) is 0 Å². The highest BCUT2D eigenvalue weighted by atomic mass is 16.5. The summed E-state index contributed by atoms with van der Waals surface area (Å²) in [4.78, 5) is 4.30. The number of hydrogen-bond donors (Lipinski definition) is 1. The number of furan rings is 1. The van der Waals surface area contributed by atoms with Gasteiger partial charge in [0, 0.05) is 24.7 Å². The third-order valence-corrected chi connectivity index (χ3v) is 4.04.